The fourth-order valence-corrected chi connectivity index (χ4v) is 4.74. The molecule has 0 aromatic heterocycles. The molecule has 2 heterocycles. The fourth-order valence-electron chi connectivity index (χ4n) is 4.74. The highest BCUT2D eigenvalue weighted by Gasteiger charge is 2.23. The molecule has 31 heavy (non-hydrogen) atoms. The van der Waals surface area contributed by atoms with E-state index >= 15 is 0 Å². The summed E-state index contributed by atoms with van der Waals surface area (Å²) < 4.78 is 11.0. The first-order chi connectivity index (χ1) is 15.2. The van der Waals surface area contributed by atoms with E-state index in [1.54, 1.807) is 0 Å². The molecule has 2 aromatic carbocycles. The molecular formula is C25H32N2O4. The van der Waals surface area contributed by atoms with Gasteiger partial charge in [-0.2, -0.15) is 0 Å². The maximum atomic E-state index is 10.8. The molecule has 0 radical (unpaired) electrons. The van der Waals surface area contributed by atoms with Gasteiger partial charge >= 0.3 is 6.16 Å². The Balaban J connectivity index is 1.29. The third-order valence-corrected chi connectivity index (χ3v) is 6.35. The highest BCUT2D eigenvalue weighted by molar-refractivity contribution is 5.57. The lowest BCUT2D eigenvalue weighted by molar-refractivity contribution is 0.00549. The second-order valence-corrected chi connectivity index (χ2v) is 8.46. The largest absolute Gasteiger partial charge is 0.506 e. The number of hydrogen-bond donors (Lipinski definition) is 2. The van der Waals surface area contributed by atoms with Crippen LogP contribution in [-0.2, 0) is 22.4 Å². The van der Waals surface area contributed by atoms with Crippen molar-refractivity contribution in [2.24, 2.45) is 0 Å². The predicted octanol–water partition coefficient (Wildman–Crippen LogP) is 4.50. The minimum Gasteiger partial charge on any atom is -0.450 e. The number of nitrogens with one attached hydrogen (secondary N) is 1. The van der Waals surface area contributed by atoms with Gasteiger partial charge in [-0.05, 0) is 60.9 Å². The van der Waals surface area contributed by atoms with Gasteiger partial charge in [-0.1, -0.05) is 42.5 Å². The van der Waals surface area contributed by atoms with Crippen molar-refractivity contribution in [1.29, 1.82) is 0 Å². The Morgan fingerprint density at radius 3 is 2.77 bits per heavy atom. The molecule has 2 atom stereocenters. The van der Waals surface area contributed by atoms with Crippen molar-refractivity contribution in [2.75, 3.05) is 38.2 Å². The summed E-state index contributed by atoms with van der Waals surface area (Å²) in [5.74, 6) is 0.411. The average Bonchev–Trinajstić information content (AvgIpc) is 2.76. The second kappa shape index (κ2) is 10.6. The van der Waals surface area contributed by atoms with Crippen LogP contribution in [0.1, 0.15) is 41.9 Å². The predicted molar refractivity (Wildman–Crippen MR) is 121 cm³/mol. The number of ether oxygens (including phenoxy) is 2. The Morgan fingerprint density at radius 1 is 1.10 bits per heavy atom. The van der Waals surface area contributed by atoms with Crippen molar-refractivity contribution < 1.29 is 19.4 Å². The van der Waals surface area contributed by atoms with Gasteiger partial charge in [-0.25, -0.2) is 4.79 Å². The van der Waals surface area contributed by atoms with Crippen LogP contribution in [0.5, 0.6) is 0 Å². The van der Waals surface area contributed by atoms with Crippen molar-refractivity contribution >= 4 is 11.8 Å². The highest BCUT2D eigenvalue weighted by Crippen LogP contribution is 2.33. The van der Waals surface area contributed by atoms with E-state index in [1.807, 2.05) is 0 Å². The number of nitrogens with zero attached hydrogens (tertiary/aromatic N) is 1. The smallest absolute Gasteiger partial charge is 0.450 e. The Labute approximate surface area is 184 Å². The molecule has 6 nitrogen and oxygen atoms in total. The minimum atomic E-state index is -1.18. The third-order valence-electron chi connectivity index (χ3n) is 6.35. The summed E-state index contributed by atoms with van der Waals surface area (Å²) in [5.41, 5.74) is 5.36. The number of rotatable bonds is 7. The number of para-hydroxylation sites is 1. The van der Waals surface area contributed by atoms with Gasteiger partial charge in [0.2, 0.25) is 0 Å². The molecule has 1 saturated heterocycles. The van der Waals surface area contributed by atoms with Gasteiger partial charge in [0.1, 0.15) is 6.10 Å². The molecule has 1 unspecified atom stereocenters. The van der Waals surface area contributed by atoms with Crippen LogP contribution in [0, 0.1) is 0 Å². The normalized spacial score (nSPS) is 21.2. The van der Waals surface area contributed by atoms with Gasteiger partial charge in [0.15, 0.2) is 0 Å². The number of anilines is 1. The van der Waals surface area contributed by atoms with Gasteiger partial charge in [0, 0.05) is 31.9 Å². The van der Waals surface area contributed by atoms with E-state index in [0.29, 0.717) is 25.7 Å². The summed E-state index contributed by atoms with van der Waals surface area (Å²) in [6, 6.07) is 17.3. The monoisotopic (exact) mass is 424 g/mol. The average molecular weight is 425 g/mol. The minimum absolute atomic E-state index is 0.217. The Morgan fingerprint density at radius 2 is 1.90 bits per heavy atom. The van der Waals surface area contributed by atoms with E-state index in [-0.39, 0.29) is 6.10 Å². The second-order valence-electron chi connectivity index (χ2n) is 8.46. The number of piperidine rings is 1. The van der Waals surface area contributed by atoms with Gasteiger partial charge < -0.3 is 19.9 Å². The molecule has 0 amide bonds. The van der Waals surface area contributed by atoms with Crippen molar-refractivity contribution in [1.82, 2.24) is 4.90 Å². The van der Waals surface area contributed by atoms with Crippen molar-refractivity contribution in [3.63, 3.8) is 0 Å². The molecule has 0 saturated carbocycles. The van der Waals surface area contributed by atoms with Crippen molar-refractivity contribution in [3.05, 3.63) is 65.2 Å². The van der Waals surface area contributed by atoms with E-state index in [9.17, 15) is 4.79 Å². The molecule has 2 aliphatic heterocycles. The number of hydrogen-bond acceptors (Lipinski definition) is 5. The number of carboxylic acid groups (broad SMARTS) is 1. The maximum absolute atomic E-state index is 10.8. The molecule has 0 bridgehead atoms. The standard InChI is InChI=1S/C25H32N2O4/c28-25(29)31-22-8-5-12-27(18-22)13-15-30-14-11-20-16-19-6-1-2-7-21(19)17-26-24-10-4-3-9-23(20)24/h1-4,6-7,9-10,20,22,26H,5,8,11-18H2,(H,28,29)/t20?,22-/m1/s1. The lowest BCUT2D eigenvalue weighted by atomic mass is 9.85. The van der Waals surface area contributed by atoms with Gasteiger partial charge in [-0.3, -0.25) is 4.90 Å². The van der Waals surface area contributed by atoms with E-state index in [2.05, 4.69) is 58.7 Å². The fraction of sp³-hybridized carbons (Fsp3) is 0.480. The zero-order valence-corrected chi connectivity index (χ0v) is 18.0. The molecule has 2 N–H and O–H groups in total. The Bertz CT molecular complexity index is 872. The summed E-state index contributed by atoms with van der Waals surface area (Å²) in [5, 5.41) is 12.4. The summed E-state index contributed by atoms with van der Waals surface area (Å²) in [6.07, 6.45) is 2.36. The van der Waals surface area contributed by atoms with Gasteiger partial charge in [-0.15, -0.1) is 0 Å². The molecular weight excluding hydrogens is 392 g/mol. The molecule has 0 spiro atoms. The van der Waals surface area contributed by atoms with Crippen LogP contribution in [0.4, 0.5) is 10.5 Å². The van der Waals surface area contributed by atoms with Crippen LogP contribution in [0.2, 0.25) is 0 Å². The van der Waals surface area contributed by atoms with Crippen LogP contribution in [0.25, 0.3) is 0 Å². The molecule has 6 heteroatoms. The summed E-state index contributed by atoms with van der Waals surface area (Å²) in [7, 11) is 0. The van der Waals surface area contributed by atoms with Crippen molar-refractivity contribution in [2.45, 2.75) is 44.2 Å². The molecule has 166 valence electrons. The lowest BCUT2D eigenvalue weighted by Gasteiger charge is -2.31. The SMILES string of the molecule is O=C(O)O[C@@H]1CCCN(CCOCCC2Cc3ccccc3CNc3ccccc32)C1. The summed E-state index contributed by atoms with van der Waals surface area (Å²) in [6.45, 7) is 4.67. The molecule has 2 aromatic rings. The van der Waals surface area contributed by atoms with Crippen LogP contribution in [0.15, 0.2) is 48.5 Å². The zero-order valence-electron chi connectivity index (χ0n) is 18.0. The summed E-state index contributed by atoms with van der Waals surface area (Å²) in [4.78, 5) is 13.0. The highest BCUT2D eigenvalue weighted by atomic mass is 16.7. The Kier molecular flexibility index (Phi) is 7.43. The van der Waals surface area contributed by atoms with E-state index in [0.717, 1.165) is 45.3 Å². The van der Waals surface area contributed by atoms with Crippen LogP contribution < -0.4 is 5.32 Å². The van der Waals surface area contributed by atoms with Crippen molar-refractivity contribution in [3.8, 4) is 0 Å². The van der Waals surface area contributed by atoms with Crippen LogP contribution >= 0.6 is 0 Å². The Hall–Kier alpha value is -2.57. The first-order valence-electron chi connectivity index (χ1n) is 11.3. The third kappa shape index (κ3) is 5.99. The molecule has 2 aliphatic rings. The quantitative estimate of drug-likeness (QED) is 0.504. The molecule has 1 fully saturated rings. The first-order valence-corrected chi connectivity index (χ1v) is 11.3. The number of likely N-dealkylation sites (tertiary alicyclic amines) is 1. The zero-order chi connectivity index (χ0) is 21.5. The topological polar surface area (TPSA) is 71.0 Å². The lowest BCUT2D eigenvalue weighted by Crippen LogP contribution is -2.41. The number of carbonyl (C=O) groups is 1. The van der Waals surface area contributed by atoms with Crippen LogP contribution in [-0.4, -0.2) is 55.1 Å². The molecule has 4 rings (SSSR count). The number of fused-ring (bicyclic) bond motifs is 2. The maximum Gasteiger partial charge on any atom is 0.506 e. The van der Waals surface area contributed by atoms with Gasteiger partial charge in [0.25, 0.3) is 0 Å². The van der Waals surface area contributed by atoms with E-state index in [1.165, 1.54) is 22.4 Å². The summed E-state index contributed by atoms with van der Waals surface area (Å²) >= 11 is 0. The van der Waals surface area contributed by atoms with E-state index < -0.39 is 6.16 Å². The number of benzene rings is 2. The van der Waals surface area contributed by atoms with Gasteiger partial charge in [0.05, 0.1) is 6.61 Å². The van der Waals surface area contributed by atoms with E-state index in [4.69, 9.17) is 14.6 Å². The molecule has 0 aliphatic carbocycles. The van der Waals surface area contributed by atoms with Crippen LogP contribution in [0.3, 0.4) is 0 Å². The first kappa shape index (κ1) is 21.7.